The summed E-state index contributed by atoms with van der Waals surface area (Å²) in [5.41, 5.74) is 12.7. The number of benzene rings is 4. The number of hydrogen-bond donors (Lipinski definition) is 0. The van der Waals surface area contributed by atoms with Crippen molar-refractivity contribution in [3.8, 4) is 23.0 Å². The van der Waals surface area contributed by atoms with E-state index in [1.807, 2.05) is 0 Å². The van der Waals surface area contributed by atoms with Crippen molar-refractivity contribution in [1.29, 1.82) is 0 Å². The summed E-state index contributed by atoms with van der Waals surface area (Å²) in [6.07, 6.45) is 21.8. The monoisotopic (exact) mass is 1240 g/mol. The minimum absolute atomic E-state index is 0.0107. The van der Waals surface area contributed by atoms with Crippen LogP contribution in [0.1, 0.15) is 225 Å². The van der Waals surface area contributed by atoms with Crippen LogP contribution in [0.25, 0.3) is 0 Å². The Bertz CT molecular complexity index is 2870. The fourth-order valence-corrected chi connectivity index (χ4v) is 11.3. The first-order valence-corrected chi connectivity index (χ1v) is 33.4. The predicted octanol–water partition coefficient (Wildman–Crippen LogP) is 15.8. The largest absolute Gasteiger partial charge is 0.489 e. The smallest absolute Gasteiger partial charge is 0.417 e. The molecule has 0 radical (unpaired) electrons. The van der Waals surface area contributed by atoms with Crippen LogP contribution in [-0.2, 0) is 99.0 Å². The van der Waals surface area contributed by atoms with Gasteiger partial charge in [0.25, 0.3) is 0 Å². The Morgan fingerprint density at radius 3 is 0.711 bits per heavy atom. The van der Waals surface area contributed by atoms with E-state index in [9.17, 15) is 24.0 Å². The van der Waals surface area contributed by atoms with Crippen molar-refractivity contribution >= 4 is 29.8 Å². The molecule has 8 bridgehead atoms. The molecule has 4 aromatic rings. The third-order valence-corrected chi connectivity index (χ3v) is 15.7. The van der Waals surface area contributed by atoms with E-state index in [1.165, 1.54) is 0 Å². The predicted molar refractivity (Wildman–Crippen MR) is 355 cm³/mol. The van der Waals surface area contributed by atoms with E-state index >= 15 is 0 Å². The van der Waals surface area contributed by atoms with Crippen LogP contribution in [-0.4, -0.2) is 89.3 Å². The van der Waals surface area contributed by atoms with E-state index in [0.29, 0.717) is 54.3 Å². The molecule has 14 nitrogen and oxygen atoms in total. The second kappa shape index (κ2) is 40.4. The Balaban J connectivity index is 1.94. The van der Waals surface area contributed by atoms with Crippen LogP contribution in [0.15, 0.2) is 85.0 Å². The fourth-order valence-electron chi connectivity index (χ4n) is 11.3. The van der Waals surface area contributed by atoms with E-state index < -0.39 is 29.8 Å². The number of ether oxygens (including phenoxy) is 9. The average molecular weight is 1240 g/mol. The second-order valence-electron chi connectivity index (χ2n) is 23.9. The van der Waals surface area contributed by atoms with Crippen molar-refractivity contribution in [3.05, 3.63) is 152 Å². The molecule has 1 aliphatic carbocycles. The van der Waals surface area contributed by atoms with E-state index in [0.717, 1.165) is 195 Å². The van der Waals surface area contributed by atoms with Gasteiger partial charge in [-0.3, -0.25) is 0 Å². The molecule has 1 aliphatic rings. The van der Waals surface area contributed by atoms with Crippen molar-refractivity contribution in [3.63, 3.8) is 0 Å². The first kappa shape index (κ1) is 73.4. The molecule has 0 spiro atoms. The number of carbonyl (C=O) groups excluding carboxylic acids is 5. The molecule has 0 N–H and O–H groups in total. The third kappa shape index (κ3) is 24.8. The van der Waals surface area contributed by atoms with Crippen LogP contribution in [0, 0.1) is 0 Å². The Morgan fingerprint density at radius 1 is 0.300 bits per heavy atom. The number of hydrogen-bond acceptors (Lipinski definition) is 14. The molecule has 14 heteroatoms. The van der Waals surface area contributed by atoms with Crippen molar-refractivity contribution < 1.29 is 66.6 Å². The van der Waals surface area contributed by atoms with Gasteiger partial charge in [0, 0.05) is 42.4 Å². The van der Waals surface area contributed by atoms with Gasteiger partial charge in [-0.25, -0.2) is 24.0 Å². The molecule has 0 heterocycles. The summed E-state index contributed by atoms with van der Waals surface area (Å²) in [6.45, 7) is 26.6. The number of unbranched alkanes of at least 4 members (excludes halogenated alkanes) is 12. The SMILES string of the molecule is C=C(C)C(=O)OCCOc1c2cc(CCCCCC)cc1Cc1cc(CCCCCC)cc(c1OCCOC(=O)C(=C)C)Cc1cc(CCCCCC)cc(c1OCCOC(=O)C(=O)OCC)Cc1cc(CCCCCC)cc(c1OCCOC(=O)C(=C)C)C2. The third-order valence-electron chi connectivity index (χ3n) is 15.7. The van der Waals surface area contributed by atoms with Gasteiger partial charge in [-0.1, -0.05) is 173 Å². The first-order chi connectivity index (χ1) is 43.5. The van der Waals surface area contributed by atoms with Crippen molar-refractivity contribution in [2.75, 3.05) is 59.5 Å². The van der Waals surface area contributed by atoms with E-state index in [4.69, 9.17) is 42.6 Å². The molecule has 0 aliphatic heterocycles. The molecular weight excluding hydrogens is 1140 g/mol. The summed E-state index contributed by atoms with van der Waals surface area (Å²) < 4.78 is 55.4. The minimum Gasteiger partial charge on any atom is -0.489 e. The molecule has 0 atom stereocenters. The van der Waals surface area contributed by atoms with Gasteiger partial charge in [0.1, 0.15) is 75.9 Å². The van der Waals surface area contributed by atoms with Gasteiger partial charge in [0.05, 0.1) is 6.61 Å². The lowest BCUT2D eigenvalue weighted by atomic mass is 9.87. The maximum atomic E-state index is 12.8. The summed E-state index contributed by atoms with van der Waals surface area (Å²) in [4.78, 5) is 63.8. The fraction of sp³-hybridized carbons (Fsp3) is 0.539. The molecule has 0 saturated heterocycles. The molecule has 4 aromatic carbocycles. The quantitative estimate of drug-likeness (QED) is 0.0119. The van der Waals surface area contributed by atoms with Crippen molar-refractivity contribution in [2.24, 2.45) is 0 Å². The highest BCUT2D eigenvalue weighted by Gasteiger charge is 2.26. The lowest BCUT2D eigenvalue weighted by Crippen LogP contribution is -2.22. The number of rotatable bonds is 40. The molecule has 0 aromatic heterocycles. The van der Waals surface area contributed by atoms with E-state index in [1.54, 1.807) is 27.7 Å². The molecule has 0 fully saturated rings. The zero-order valence-corrected chi connectivity index (χ0v) is 55.8. The van der Waals surface area contributed by atoms with Crippen LogP contribution in [0.5, 0.6) is 23.0 Å². The van der Waals surface area contributed by atoms with Crippen LogP contribution < -0.4 is 18.9 Å². The normalized spacial score (nSPS) is 11.7. The highest BCUT2D eigenvalue weighted by atomic mass is 16.6. The topological polar surface area (TPSA) is 168 Å². The molecule has 90 heavy (non-hydrogen) atoms. The van der Waals surface area contributed by atoms with Gasteiger partial charge in [-0.05, 0) is 146 Å². The van der Waals surface area contributed by atoms with Crippen LogP contribution in [0.4, 0.5) is 0 Å². The molecule has 492 valence electrons. The second-order valence-corrected chi connectivity index (χ2v) is 23.9. The van der Waals surface area contributed by atoms with Gasteiger partial charge in [0.15, 0.2) is 0 Å². The summed E-state index contributed by atoms with van der Waals surface area (Å²) in [6, 6.07) is 18.0. The summed E-state index contributed by atoms with van der Waals surface area (Å²) in [5, 5.41) is 0. The lowest BCUT2D eigenvalue weighted by molar-refractivity contribution is -0.167. The average Bonchev–Trinajstić information content (AvgIpc) is 0.808. The van der Waals surface area contributed by atoms with E-state index in [-0.39, 0.29) is 70.6 Å². The zero-order chi connectivity index (χ0) is 65.2. The Kier molecular flexibility index (Phi) is 32.9. The van der Waals surface area contributed by atoms with Gasteiger partial charge in [-0.2, -0.15) is 0 Å². The van der Waals surface area contributed by atoms with Gasteiger partial charge in [-0.15, -0.1) is 0 Å². The van der Waals surface area contributed by atoms with Gasteiger partial charge < -0.3 is 42.6 Å². The van der Waals surface area contributed by atoms with Crippen LogP contribution in [0.3, 0.4) is 0 Å². The molecule has 0 unspecified atom stereocenters. The maximum absolute atomic E-state index is 12.8. The number of aryl methyl sites for hydroxylation is 4. The van der Waals surface area contributed by atoms with Crippen molar-refractivity contribution in [2.45, 2.75) is 209 Å². The Morgan fingerprint density at radius 2 is 0.511 bits per heavy atom. The van der Waals surface area contributed by atoms with Crippen LogP contribution >= 0.6 is 0 Å². The number of carbonyl (C=O) groups is 5. The highest BCUT2D eigenvalue weighted by molar-refractivity contribution is 6.29. The maximum Gasteiger partial charge on any atom is 0.417 e. The zero-order valence-electron chi connectivity index (χ0n) is 55.8. The van der Waals surface area contributed by atoms with Gasteiger partial charge in [0.2, 0.25) is 0 Å². The number of esters is 5. The van der Waals surface area contributed by atoms with Crippen LogP contribution in [0.2, 0.25) is 0 Å². The van der Waals surface area contributed by atoms with Crippen molar-refractivity contribution in [1.82, 2.24) is 0 Å². The Labute approximate surface area is 537 Å². The standard InChI is InChI=1S/C76H104O14/c1-12-17-21-25-29-56-41-60-49-62-43-57(30-26-22-18-13-2)45-64(69(62)84-34-38-88-73(78)54(8)9)51-66-47-59(32-28-24-20-15-4)48-67(71(66)86-36-40-90-76(81)75(80)82-16-5)52-65-46-58(31-27-23-19-14-3)44-63(70(65)85-35-39-89-74(79)55(10)11)50-61(42-56)68(60)83-33-37-87-72(77)53(6)7/h41-48H,6,8,10,12-40,49-52H2,1-5,7,9,11H3. The first-order valence-electron chi connectivity index (χ1n) is 33.4. The van der Waals surface area contributed by atoms with E-state index in [2.05, 4.69) is 96.0 Å². The summed E-state index contributed by atoms with van der Waals surface area (Å²) >= 11 is 0. The molecule has 0 saturated carbocycles. The molecule has 0 amide bonds. The molecular formula is C76H104O14. The van der Waals surface area contributed by atoms with Gasteiger partial charge >= 0.3 is 29.8 Å². The Hall–Kier alpha value is -7.35. The summed E-state index contributed by atoms with van der Waals surface area (Å²) in [5.74, 6) is -1.14. The number of fused-ring (bicyclic) bond motifs is 8. The summed E-state index contributed by atoms with van der Waals surface area (Å²) in [7, 11) is 0. The lowest BCUT2D eigenvalue weighted by Gasteiger charge is -2.25. The minimum atomic E-state index is -1.10. The molecule has 5 rings (SSSR count). The highest BCUT2D eigenvalue weighted by Crippen LogP contribution is 2.42.